The number of nitrogens with zero attached hydrogens (tertiary/aromatic N) is 1. The zero-order chi connectivity index (χ0) is 12.0. The first-order valence-corrected chi connectivity index (χ1v) is 4.96. The van der Waals surface area contributed by atoms with Crippen LogP contribution in [0.25, 0.3) is 0 Å². The summed E-state index contributed by atoms with van der Waals surface area (Å²) in [6, 6.07) is 2.97. The van der Waals surface area contributed by atoms with Crippen molar-refractivity contribution in [1.82, 2.24) is 10.3 Å². The molecule has 1 heterocycles. The summed E-state index contributed by atoms with van der Waals surface area (Å²) in [4.78, 5) is 15.5. The summed E-state index contributed by atoms with van der Waals surface area (Å²) in [6.45, 7) is 0.882. The smallest absolute Gasteiger partial charge is 0.251 e. The Morgan fingerprint density at radius 1 is 1.62 bits per heavy atom. The molecule has 1 aromatic heterocycles. The number of nitrogens with one attached hydrogen (secondary N) is 2. The third kappa shape index (κ3) is 3.65. The Labute approximate surface area is 98.1 Å². The number of hydrogen-bond acceptors (Lipinski definition) is 5. The van der Waals surface area contributed by atoms with Crippen molar-refractivity contribution < 1.29 is 9.53 Å². The second-order valence-corrected chi connectivity index (χ2v) is 3.34. The minimum atomic E-state index is -0.252. The van der Waals surface area contributed by atoms with Gasteiger partial charge in [-0.3, -0.25) is 4.79 Å². The Kier molecular flexibility index (Phi) is 4.97. The maximum Gasteiger partial charge on any atom is 0.251 e. The van der Waals surface area contributed by atoms with Crippen LogP contribution in [-0.4, -0.2) is 31.2 Å². The second kappa shape index (κ2) is 6.26. The van der Waals surface area contributed by atoms with Gasteiger partial charge in [0.05, 0.1) is 6.61 Å². The van der Waals surface area contributed by atoms with Crippen LogP contribution in [0.2, 0.25) is 5.15 Å². The Hall–Kier alpha value is -1.37. The van der Waals surface area contributed by atoms with Crippen molar-refractivity contribution in [2.45, 2.75) is 0 Å². The van der Waals surface area contributed by atoms with Gasteiger partial charge in [-0.2, -0.15) is 0 Å². The molecule has 0 aliphatic rings. The van der Waals surface area contributed by atoms with E-state index in [-0.39, 0.29) is 11.1 Å². The molecule has 0 aromatic carbocycles. The molecule has 4 N–H and O–H groups in total. The van der Waals surface area contributed by atoms with E-state index < -0.39 is 0 Å². The van der Waals surface area contributed by atoms with Crippen molar-refractivity contribution in [3.63, 3.8) is 0 Å². The molecule has 0 saturated heterocycles. The third-order valence-electron chi connectivity index (χ3n) is 1.80. The lowest BCUT2D eigenvalue weighted by atomic mass is 10.2. The fraction of sp³-hybridized carbons (Fsp3) is 0.333. The molecule has 88 valence electrons. The molecule has 0 atom stereocenters. The van der Waals surface area contributed by atoms with Gasteiger partial charge in [0.2, 0.25) is 0 Å². The number of ether oxygens (including phenoxy) is 1. The number of carbonyl (C=O) groups is 1. The molecule has 0 bridgehead atoms. The van der Waals surface area contributed by atoms with Crippen LogP contribution in [0.15, 0.2) is 12.1 Å². The minimum Gasteiger partial charge on any atom is -0.383 e. The van der Waals surface area contributed by atoms with E-state index in [1.54, 1.807) is 7.11 Å². The fourth-order valence-corrected chi connectivity index (χ4v) is 1.28. The predicted octanol–water partition coefficient (Wildman–Crippen LogP) is 0.397. The van der Waals surface area contributed by atoms with E-state index in [1.165, 1.54) is 12.1 Å². The van der Waals surface area contributed by atoms with Crippen LogP contribution < -0.4 is 16.6 Å². The fourth-order valence-electron chi connectivity index (χ4n) is 1.07. The van der Waals surface area contributed by atoms with Gasteiger partial charge in [-0.1, -0.05) is 11.6 Å². The lowest BCUT2D eigenvalue weighted by Crippen LogP contribution is -2.27. The maximum atomic E-state index is 11.6. The SMILES string of the molecule is COCCNC(=O)c1cc(Cl)nc(NN)c1. The van der Waals surface area contributed by atoms with Crippen LogP contribution in [-0.2, 0) is 4.74 Å². The number of rotatable bonds is 5. The normalized spacial score (nSPS) is 9.94. The molecule has 0 fully saturated rings. The highest BCUT2D eigenvalue weighted by atomic mass is 35.5. The van der Waals surface area contributed by atoms with Gasteiger partial charge in [-0.25, -0.2) is 10.8 Å². The number of hydrogen-bond donors (Lipinski definition) is 3. The lowest BCUT2D eigenvalue weighted by molar-refractivity contribution is 0.0937. The van der Waals surface area contributed by atoms with Crippen molar-refractivity contribution in [1.29, 1.82) is 0 Å². The number of halogens is 1. The lowest BCUT2D eigenvalue weighted by Gasteiger charge is -2.06. The number of methoxy groups -OCH3 is 1. The summed E-state index contributed by atoms with van der Waals surface area (Å²) < 4.78 is 4.81. The Morgan fingerprint density at radius 3 is 3.00 bits per heavy atom. The third-order valence-corrected chi connectivity index (χ3v) is 1.99. The van der Waals surface area contributed by atoms with Crippen molar-refractivity contribution in [2.24, 2.45) is 5.84 Å². The van der Waals surface area contributed by atoms with E-state index in [4.69, 9.17) is 22.2 Å². The molecule has 1 aromatic rings. The van der Waals surface area contributed by atoms with Crippen LogP contribution in [0, 0.1) is 0 Å². The number of nitrogen functional groups attached to an aromatic ring is 1. The van der Waals surface area contributed by atoms with Crippen molar-refractivity contribution in [3.05, 3.63) is 22.8 Å². The first-order chi connectivity index (χ1) is 7.67. The van der Waals surface area contributed by atoms with Crippen molar-refractivity contribution in [2.75, 3.05) is 25.7 Å². The minimum absolute atomic E-state index is 0.201. The highest BCUT2D eigenvalue weighted by Gasteiger charge is 2.08. The number of pyridine rings is 1. The molecule has 0 radical (unpaired) electrons. The largest absolute Gasteiger partial charge is 0.383 e. The predicted molar refractivity (Wildman–Crippen MR) is 61.3 cm³/mol. The van der Waals surface area contributed by atoms with Gasteiger partial charge < -0.3 is 15.5 Å². The molecule has 0 aliphatic carbocycles. The Balaban J connectivity index is 2.71. The van der Waals surface area contributed by atoms with Crippen LogP contribution in [0.5, 0.6) is 0 Å². The number of carbonyl (C=O) groups excluding carboxylic acids is 1. The van der Waals surface area contributed by atoms with E-state index in [2.05, 4.69) is 15.7 Å². The Morgan fingerprint density at radius 2 is 2.38 bits per heavy atom. The van der Waals surface area contributed by atoms with Gasteiger partial charge in [0.1, 0.15) is 11.0 Å². The van der Waals surface area contributed by atoms with Crippen LogP contribution in [0.1, 0.15) is 10.4 Å². The van der Waals surface area contributed by atoms with Crippen molar-refractivity contribution in [3.8, 4) is 0 Å². The first kappa shape index (κ1) is 12.7. The molecule has 1 rings (SSSR count). The van der Waals surface area contributed by atoms with Gasteiger partial charge >= 0.3 is 0 Å². The van der Waals surface area contributed by atoms with E-state index in [1.807, 2.05) is 0 Å². The highest BCUT2D eigenvalue weighted by Crippen LogP contribution is 2.13. The van der Waals surface area contributed by atoms with E-state index in [0.29, 0.717) is 24.5 Å². The first-order valence-electron chi connectivity index (χ1n) is 4.58. The molecular weight excluding hydrogens is 232 g/mol. The monoisotopic (exact) mass is 244 g/mol. The molecule has 1 amide bonds. The maximum absolute atomic E-state index is 11.6. The summed E-state index contributed by atoms with van der Waals surface area (Å²) in [5, 5.41) is 2.86. The highest BCUT2D eigenvalue weighted by molar-refractivity contribution is 6.29. The number of aromatic nitrogens is 1. The van der Waals surface area contributed by atoms with Gasteiger partial charge in [0, 0.05) is 19.2 Å². The summed E-state index contributed by atoms with van der Waals surface area (Å²) >= 11 is 5.72. The molecular formula is C9H13ClN4O2. The molecule has 0 unspecified atom stereocenters. The van der Waals surface area contributed by atoms with Gasteiger partial charge in [-0.15, -0.1) is 0 Å². The number of nitrogens with two attached hydrogens (primary N) is 1. The topological polar surface area (TPSA) is 89.3 Å². The number of hydrazine groups is 1. The summed E-state index contributed by atoms with van der Waals surface area (Å²) in [6.07, 6.45) is 0. The van der Waals surface area contributed by atoms with Gasteiger partial charge in [0.25, 0.3) is 5.91 Å². The van der Waals surface area contributed by atoms with Crippen LogP contribution in [0.4, 0.5) is 5.82 Å². The average molecular weight is 245 g/mol. The number of anilines is 1. The Bertz CT molecular complexity index is 373. The molecule has 0 aliphatic heterocycles. The van der Waals surface area contributed by atoms with Gasteiger partial charge in [-0.05, 0) is 12.1 Å². The zero-order valence-electron chi connectivity index (χ0n) is 8.79. The van der Waals surface area contributed by atoms with E-state index in [9.17, 15) is 4.79 Å². The van der Waals surface area contributed by atoms with Crippen LogP contribution in [0.3, 0.4) is 0 Å². The molecule has 0 spiro atoms. The van der Waals surface area contributed by atoms with Crippen LogP contribution >= 0.6 is 11.6 Å². The zero-order valence-corrected chi connectivity index (χ0v) is 9.54. The molecule has 0 saturated carbocycles. The van der Waals surface area contributed by atoms with E-state index >= 15 is 0 Å². The molecule has 7 heteroatoms. The molecule has 16 heavy (non-hydrogen) atoms. The number of amides is 1. The molecule has 6 nitrogen and oxygen atoms in total. The summed E-state index contributed by atoms with van der Waals surface area (Å²) in [5.74, 6) is 5.27. The summed E-state index contributed by atoms with van der Waals surface area (Å²) in [7, 11) is 1.56. The quantitative estimate of drug-likeness (QED) is 0.302. The summed E-state index contributed by atoms with van der Waals surface area (Å²) in [5.41, 5.74) is 2.72. The van der Waals surface area contributed by atoms with Gasteiger partial charge in [0.15, 0.2) is 0 Å². The average Bonchev–Trinajstić information content (AvgIpc) is 2.28. The second-order valence-electron chi connectivity index (χ2n) is 2.96. The van der Waals surface area contributed by atoms with Crippen molar-refractivity contribution >= 4 is 23.3 Å². The van der Waals surface area contributed by atoms with E-state index in [0.717, 1.165) is 0 Å². The standard InChI is InChI=1S/C9H13ClN4O2/c1-16-3-2-12-9(15)6-4-7(10)13-8(5-6)14-11/h4-5H,2-3,11H2,1H3,(H,12,15)(H,13,14).